The highest BCUT2D eigenvalue weighted by Gasteiger charge is 2.07. The van der Waals surface area contributed by atoms with Gasteiger partial charge in [-0.05, 0) is 18.2 Å². The van der Waals surface area contributed by atoms with Crippen molar-refractivity contribution in [1.29, 1.82) is 0 Å². The molecule has 6 heteroatoms. The van der Waals surface area contributed by atoms with E-state index < -0.39 is 5.91 Å². The first-order valence-corrected chi connectivity index (χ1v) is 5.29. The van der Waals surface area contributed by atoms with Crippen molar-refractivity contribution in [3.8, 4) is 0 Å². The Morgan fingerprint density at radius 2 is 2.27 bits per heavy atom. The zero-order valence-corrected chi connectivity index (χ0v) is 10.0. The lowest BCUT2D eigenvalue weighted by atomic mass is 10.2. The number of hydroxylamine groups is 1. The number of nitrogens with one attached hydrogen (secondary N) is 1. The van der Waals surface area contributed by atoms with Crippen LogP contribution in [0, 0.1) is 0 Å². The van der Waals surface area contributed by atoms with Gasteiger partial charge in [-0.1, -0.05) is 27.5 Å². The van der Waals surface area contributed by atoms with Crippen LogP contribution in [0.25, 0.3) is 0 Å². The molecule has 1 aromatic rings. The topological polar surface area (TPSA) is 58.6 Å². The van der Waals surface area contributed by atoms with E-state index in [0.717, 1.165) is 0 Å². The van der Waals surface area contributed by atoms with Crippen LogP contribution in [0.2, 0.25) is 5.02 Å². The minimum atomic E-state index is -0.411. The molecule has 0 aromatic heterocycles. The van der Waals surface area contributed by atoms with Crippen molar-refractivity contribution in [3.63, 3.8) is 0 Å². The van der Waals surface area contributed by atoms with Crippen LogP contribution in [0.15, 0.2) is 22.7 Å². The molecule has 0 aliphatic carbocycles. The minimum absolute atomic E-state index is 0.0491. The molecule has 82 valence electrons. The number of rotatable bonds is 4. The molecule has 1 aromatic carbocycles. The van der Waals surface area contributed by atoms with Crippen molar-refractivity contribution >= 4 is 33.4 Å². The fraction of sp³-hybridized carbons (Fsp3) is 0.222. The maximum absolute atomic E-state index is 11.4. The Kier molecular flexibility index (Phi) is 5.04. The van der Waals surface area contributed by atoms with E-state index in [9.17, 15) is 4.79 Å². The molecule has 0 unspecified atom stereocenters. The standard InChI is InChI=1S/C9H9BrClNO3/c10-7-3-6(4-8(11)5-7)9(14)12-15-2-1-13/h3-5,13H,1-2H2,(H,12,14). The van der Waals surface area contributed by atoms with Gasteiger partial charge in [0.1, 0.15) is 0 Å². The van der Waals surface area contributed by atoms with Gasteiger partial charge in [0.15, 0.2) is 0 Å². The highest BCUT2D eigenvalue weighted by atomic mass is 79.9. The molecule has 15 heavy (non-hydrogen) atoms. The van der Waals surface area contributed by atoms with E-state index in [-0.39, 0.29) is 13.2 Å². The number of amides is 1. The highest BCUT2D eigenvalue weighted by Crippen LogP contribution is 2.19. The number of hydrogen-bond donors (Lipinski definition) is 2. The molecular weight excluding hydrogens is 285 g/mol. The first kappa shape index (κ1) is 12.4. The van der Waals surface area contributed by atoms with Crippen LogP contribution in [0.1, 0.15) is 10.4 Å². The van der Waals surface area contributed by atoms with Gasteiger partial charge in [-0.3, -0.25) is 9.63 Å². The molecule has 0 aliphatic rings. The van der Waals surface area contributed by atoms with Gasteiger partial charge in [-0.15, -0.1) is 0 Å². The lowest BCUT2D eigenvalue weighted by Crippen LogP contribution is -2.25. The summed E-state index contributed by atoms with van der Waals surface area (Å²) in [5.41, 5.74) is 2.56. The van der Waals surface area contributed by atoms with Crippen LogP contribution in [0.5, 0.6) is 0 Å². The fourth-order valence-corrected chi connectivity index (χ4v) is 1.77. The maximum atomic E-state index is 11.4. The summed E-state index contributed by atoms with van der Waals surface area (Å²) in [6.07, 6.45) is 0. The molecule has 2 N–H and O–H groups in total. The SMILES string of the molecule is O=C(NOCCO)c1cc(Cl)cc(Br)c1. The molecule has 0 radical (unpaired) electrons. The van der Waals surface area contributed by atoms with Crippen LogP contribution in [-0.4, -0.2) is 24.2 Å². The van der Waals surface area contributed by atoms with Crippen LogP contribution in [0.4, 0.5) is 0 Å². The van der Waals surface area contributed by atoms with Gasteiger partial charge in [0.2, 0.25) is 0 Å². The average molecular weight is 295 g/mol. The quantitative estimate of drug-likeness (QED) is 0.657. The number of aliphatic hydroxyl groups is 1. The minimum Gasteiger partial charge on any atom is -0.394 e. The summed E-state index contributed by atoms with van der Waals surface area (Å²) in [5, 5.41) is 8.89. The summed E-state index contributed by atoms with van der Waals surface area (Å²) in [4.78, 5) is 16.1. The molecule has 1 amide bonds. The molecule has 4 nitrogen and oxygen atoms in total. The van der Waals surface area contributed by atoms with Crippen molar-refractivity contribution in [2.24, 2.45) is 0 Å². The van der Waals surface area contributed by atoms with Crippen molar-refractivity contribution in [3.05, 3.63) is 33.3 Å². The van der Waals surface area contributed by atoms with Gasteiger partial charge in [0, 0.05) is 15.1 Å². The number of aliphatic hydroxyl groups excluding tert-OH is 1. The summed E-state index contributed by atoms with van der Waals surface area (Å²) in [5.74, 6) is -0.411. The summed E-state index contributed by atoms with van der Waals surface area (Å²) in [6.45, 7) is -0.104. The van der Waals surface area contributed by atoms with Crippen molar-refractivity contribution in [2.75, 3.05) is 13.2 Å². The molecule has 0 aliphatic heterocycles. The van der Waals surface area contributed by atoms with Gasteiger partial charge < -0.3 is 5.11 Å². The Morgan fingerprint density at radius 1 is 1.53 bits per heavy atom. The predicted octanol–water partition coefficient (Wildman–Crippen LogP) is 1.76. The lowest BCUT2D eigenvalue weighted by Gasteiger charge is -2.05. The Labute approximate surface area is 100 Å². The zero-order chi connectivity index (χ0) is 11.3. The van der Waals surface area contributed by atoms with Crippen molar-refractivity contribution in [2.45, 2.75) is 0 Å². The Bertz CT molecular complexity index is 339. The molecule has 1 rings (SSSR count). The molecule has 0 bridgehead atoms. The summed E-state index contributed by atoms with van der Waals surface area (Å²) in [6, 6.07) is 4.81. The summed E-state index contributed by atoms with van der Waals surface area (Å²) >= 11 is 8.98. The van der Waals surface area contributed by atoms with Gasteiger partial charge in [0.25, 0.3) is 5.91 Å². The number of carbonyl (C=O) groups is 1. The number of carbonyl (C=O) groups excluding carboxylic acids is 1. The molecule has 0 spiro atoms. The van der Waals surface area contributed by atoms with E-state index in [1.54, 1.807) is 12.1 Å². The van der Waals surface area contributed by atoms with Crippen molar-refractivity contribution in [1.82, 2.24) is 5.48 Å². The highest BCUT2D eigenvalue weighted by molar-refractivity contribution is 9.10. The molecule has 0 saturated heterocycles. The first-order chi connectivity index (χ1) is 7.13. The largest absolute Gasteiger partial charge is 0.394 e. The molecule has 0 heterocycles. The Balaban J connectivity index is 2.65. The van der Waals surface area contributed by atoms with Gasteiger partial charge in [-0.2, -0.15) is 0 Å². The Morgan fingerprint density at radius 3 is 2.87 bits per heavy atom. The van der Waals surface area contributed by atoms with Crippen LogP contribution < -0.4 is 5.48 Å². The monoisotopic (exact) mass is 293 g/mol. The smallest absolute Gasteiger partial charge is 0.274 e. The van der Waals surface area contributed by atoms with E-state index in [2.05, 4.69) is 26.2 Å². The second-order valence-electron chi connectivity index (χ2n) is 2.66. The van der Waals surface area contributed by atoms with Crippen LogP contribution in [-0.2, 0) is 4.84 Å². The Hall–Kier alpha value is -0.620. The first-order valence-electron chi connectivity index (χ1n) is 4.12. The third-order valence-corrected chi connectivity index (χ3v) is 2.16. The lowest BCUT2D eigenvalue weighted by molar-refractivity contribution is 0.0168. The normalized spacial score (nSPS) is 10.1. The van der Waals surface area contributed by atoms with E-state index in [4.69, 9.17) is 16.7 Å². The summed E-state index contributed by atoms with van der Waals surface area (Å²) < 4.78 is 0.710. The molecule has 0 atom stereocenters. The van der Waals surface area contributed by atoms with Gasteiger partial charge in [0.05, 0.1) is 13.2 Å². The third kappa shape index (κ3) is 4.17. The maximum Gasteiger partial charge on any atom is 0.274 e. The van der Waals surface area contributed by atoms with Crippen LogP contribution in [0.3, 0.4) is 0 Å². The number of hydrogen-bond acceptors (Lipinski definition) is 3. The zero-order valence-electron chi connectivity index (χ0n) is 7.67. The second-order valence-corrected chi connectivity index (χ2v) is 4.01. The third-order valence-electron chi connectivity index (χ3n) is 1.48. The van der Waals surface area contributed by atoms with Gasteiger partial charge in [-0.25, -0.2) is 5.48 Å². The van der Waals surface area contributed by atoms with Crippen molar-refractivity contribution < 1.29 is 14.7 Å². The second kappa shape index (κ2) is 6.07. The molecular formula is C9H9BrClNO3. The molecule has 0 saturated carbocycles. The fourth-order valence-electron chi connectivity index (χ4n) is 0.906. The van der Waals surface area contributed by atoms with Crippen LogP contribution >= 0.6 is 27.5 Å². The van der Waals surface area contributed by atoms with E-state index in [1.165, 1.54) is 6.07 Å². The summed E-state index contributed by atoms with van der Waals surface area (Å²) in [7, 11) is 0. The number of benzene rings is 1. The van der Waals surface area contributed by atoms with E-state index in [1.807, 2.05) is 0 Å². The van der Waals surface area contributed by atoms with E-state index in [0.29, 0.717) is 15.1 Å². The molecule has 0 fully saturated rings. The average Bonchev–Trinajstić information content (AvgIpc) is 2.16. The van der Waals surface area contributed by atoms with E-state index >= 15 is 0 Å². The number of halogens is 2. The van der Waals surface area contributed by atoms with Gasteiger partial charge >= 0.3 is 0 Å². The predicted molar refractivity (Wildman–Crippen MR) is 59.7 cm³/mol.